The zero-order valence-electron chi connectivity index (χ0n) is 11.4. The Bertz CT molecular complexity index is 740. The van der Waals surface area contributed by atoms with Gasteiger partial charge in [0.15, 0.2) is 0 Å². The van der Waals surface area contributed by atoms with E-state index >= 15 is 0 Å². The van der Waals surface area contributed by atoms with E-state index in [1.807, 2.05) is 12.1 Å². The minimum atomic E-state index is -0.480. The summed E-state index contributed by atoms with van der Waals surface area (Å²) in [6, 6.07) is 6.95. The fourth-order valence-electron chi connectivity index (χ4n) is 2.20. The molecule has 3 N–H and O–H groups in total. The second kappa shape index (κ2) is 5.94. The van der Waals surface area contributed by atoms with Crippen molar-refractivity contribution < 1.29 is 14.3 Å². The molecule has 3 rings (SSSR count). The maximum Gasteiger partial charge on any atom is 0.263 e. The van der Waals surface area contributed by atoms with E-state index in [9.17, 15) is 9.59 Å². The fraction of sp³-hybridized carbons (Fsp3) is 0.133. The smallest absolute Gasteiger partial charge is 0.263 e. The van der Waals surface area contributed by atoms with Gasteiger partial charge in [-0.25, -0.2) is 0 Å². The lowest BCUT2D eigenvalue weighted by molar-refractivity contribution is -0.115. The molecule has 0 bridgehead atoms. The molecule has 0 aromatic heterocycles. The summed E-state index contributed by atoms with van der Waals surface area (Å²) in [6.07, 6.45) is 4.12. The van der Waals surface area contributed by atoms with Crippen molar-refractivity contribution in [3.05, 3.63) is 52.4 Å². The third kappa shape index (κ3) is 3.05. The zero-order chi connectivity index (χ0) is 15.7. The Labute approximate surface area is 136 Å². The summed E-state index contributed by atoms with van der Waals surface area (Å²) in [6.45, 7) is 0. The van der Waals surface area contributed by atoms with Gasteiger partial charge in [-0.2, -0.15) is 0 Å². The fourth-order valence-corrected chi connectivity index (χ4v) is 3.27. The zero-order valence-corrected chi connectivity index (χ0v) is 13.0. The Kier molecular flexibility index (Phi) is 4.00. The number of carbonyl (C=O) groups excluding carboxylic acids is 2. The Hall–Kier alpha value is -2.12. The molecule has 2 amide bonds. The predicted octanol–water partition coefficient (Wildman–Crippen LogP) is 1.95. The lowest BCUT2D eigenvalue weighted by Crippen LogP contribution is -2.18. The molecule has 1 unspecified atom stereocenters. The van der Waals surface area contributed by atoms with Crippen LogP contribution in [0.2, 0.25) is 0 Å². The maximum absolute atomic E-state index is 11.6. The highest BCUT2D eigenvalue weighted by atomic mass is 32.2. The third-order valence-corrected chi connectivity index (χ3v) is 4.41. The molecule has 0 aliphatic carbocycles. The summed E-state index contributed by atoms with van der Waals surface area (Å²) in [5.74, 6) is 0.00496. The number of thioether (sulfide) groups is 1. The molecule has 2 aliphatic heterocycles. The average molecular weight is 332 g/mol. The molecule has 1 fully saturated rings. The standard InChI is InChI=1S/C15H12N2O3S2/c16-13(18)9-3-1-2-8(6-9)11-5-4-10(20-11)7-12-14(19)17-15(21)22-12/h1-3,5-7,10H,4H2,(H2,16,18)(H,17,19,21)/b12-7-. The van der Waals surface area contributed by atoms with E-state index in [1.54, 1.807) is 24.3 Å². The van der Waals surface area contributed by atoms with Crippen molar-refractivity contribution in [1.29, 1.82) is 0 Å². The largest absolute Gasteiger partial charge is 0.486 e. The lowest BCUT2D eigenvalue weighted by atomic mass is 10.1. The number of rotatable bonds is 3. The van der Waals surface area contributed by atoms with Gasteiger partial charge in [0.1, 0.15) is 16.2 Å². The van der Waals surface area contributed by atoms with Crippen molar-refractivity contribution in [2.75, 3.05) is 0 Å². The number of benzene rings is 1. The second-order valence-corrected chi connectivity index (χ2v) is 6.50. The van der Waals surface area contributed by atoms with E-state index in [4.69, 9.17) is 22.7 Å². The second-order valence-electron chi connectivity index (χ2n) is 4.78. The first-order valence-corrected chi connectivity index (χ1v) is 7.77. The Morgan fingerprint density at radius 2 is 2.32 bits per heavy atom. The van der Waals surface area contributed by atoms with Crippen molar-refractivity contribution >= 4 is 45.9 Å². The van der Waals surface area contributed by atoms with Crippen LogP contribution in [0.4, 0.5) is 0 Å². The van der Waals surface area contributed by atoms with E-state index in [0.717, 1.165) is 5.56 Å². The number of nitrogens with one attached hydrogen (secondary N) is 1. The number of hydrogen-bond donors (Lipinski definition) is 2. The molecule has 1 aromatic carbocycles. The van der Waals surface area contributed by atoms with Gasteiger partial charge in [-0.05, 0) is 24.3 Å². The lowest BCUT2D eigenvalue weighted by Gasteiger charge is -2.10. The molecule has 0 saturated carbocycles. The van der Waals surface area contributed by atoms with Crippen LogP contribution < -0.4 is 11.1 Å². The number of nitrogens with two attached hydrogens (primary N) is 1. The van der Waals surface area contributed by atoms with E-state index in [2.05, 4.69) is 5.32 Å². The minimum Gasteiger partial charge on any atom is -0.486 e. The average Bonchev–Trinajstić information content (AvgIpc) is 3.06. The number of thiocarbonyl (C=S) groups is 1. The van der Waals surface area contributed by atoms with Crippen molar-refractivity contribution in [2.45, 2.75) is 12.5 Å². The molecule has 1 aromatic rings. The number of primary amides is 1. The van der Waals surface area contributed by atoms with E-state index < -0.39 is 5.91 Å². The third-order valence-electron chi connectivity index (χ3n) is 3.22. The van der Waals surface area contributed by atoms with Crippen molar-refractivity contribution in [3.63, 3.8) is 0 Å². The minimum absolute atomic E-state index is 0.192. The molecule has 0 spiro atoms. The molecule has 5 nitrogen and oxygen atoms in total. The summed E-state index contributed by atoms with van der Waals surface area (Å²) < 4.78 is 6.28. The van der Waals surface area contributed by atoms with Crippen LogP contribution in [-0.4, -0.2) is 22.2 Å². The quantitative estimate of drug-likeness (QED) is 0.653. The van der Waals surface area contributed by atoms with Crippen LogP contribution in [0, 0.1) is 0 Å². The summed E-state index contributed by atoms with van der Waals surface area (Å²) in [4.78, 5) is 23.4. The predicted molar refractivity (Wildman–Crippen MR) is 88.8 cm³/mol. The molecule has 1 atom stereocenters. The van der Waals surface area contributed by atoms with Gasteiger partial charge in [0.25, 0.3) is 5.91 Å². The van der Waals surface area contributed by atoms with E-state index in [0.29, 0.717) is 27.0 Å². The van der Waals surface area contributed by atoms with Gasteiger partial charge in [-0.15, -0.1) is 0 Å². The molecule has 2 heterocycles. The van der Waals surface area contributed by atoms with Gasteiger partial charge in [0, 0.05) is 17.5 Å². The van der Waals surface area contributed by atoms with Crippen molar-refractivity contribution in [1.82, 2.24) is 5.32 Å². The van der Waals surface area contributed by atoms with Gasteiger partial charge < -0.3 is 15.8 Å². The first-order valence-electron chi connectivity index (χ1n) is 6.55. The SMILES string of the molecule is NC(=O)c1cccc(C2=CCC(/C=C3\SC(=S)NC3=O)O2)c1. The van der Waals surface area contributed by atoms with E-state index in [-0.39, 0.29) is 12.0 Å². The number of amides is 2. The topological polar surface area (TPSA) is 81.4 Å². The van der Waals surface area contributed by atoms with Crippen molar-refractivity contribution in [2.24, 2.45) is 5.73 Å². The van der Waals surface area contributed by atoms with Gasteiger partial charge >= 0.3 is 0 Å². The molecule has 0 radical (unpaired) electrons. The monoisotopic (exact) mass is 332 g/mol. The van der Waals surface area contributed by atoms with Crippen LogP contribution in [0.15, 0.2) is 41.3 Å². The summed E-state index contributed by atoms with van der Waals surface area (Å²) in [5.41, 5.74) is 6.50. The molecule has 2 aliphatic rings. The Morgan fingerprint density at radius 1 is 1.50 bits per heavy atom. The van der Waals surface area contributed by atoms with Crippen molar-refractivity contribution in [3.8, 4) is 0 Å². The molecule has 1 saturated heterocycles. The highest BCUT2D eigenvalue weighted by Crippen LogP contribution is 2.31. The first-order chi connectivity index (χ1) is 10.5. The Balaban J connectivity index is 1.73. The highest BCUT2D eigenvalue weighted by Gasteiger charge is 2.26. The molecule has 22 heavy (non-hydrogen) atoms. The van der Waals surface area contributed by atoms with Crippen LogP contribution >= 0.6 is 24.0 Å². The Morgan fingerprint density at radius 3 is 3.00 bits per heavy atom. The molecular formula is C15H12N2O3S2. The van der Waals surface area contributed by atoms with Crippen LogP contribution in [-0.2, 0) is 9.53 Å². The summed E-state index contributed by atoms with van der Waals surface area (Å²) >= 11 is 6.18. The molecular weight excluding hydrogens is 320 g/mol. The van der Waals surface area contributed by atoms with Gasteiger partial charge in [-0.3, -0.25) is 9.59 Å². The highest BCUT2D eigenvalue weighted by molar-refractivity contribution is 8.26. The first kappa shape index (κ1) is 14.8. The molecule has 112 valence electrons. The van der Waals surface area contributed by atoms with Crippen LogP contribution in [0.1, 0.15) is 22.3 Å². The van der Waals surface area contributed by atoms with Crippen LogP contribution in [0.25, 0.3) is 5.76 Å². The number of hydrogen-bond acceptors (Lipinski definition) is 5. The number of carbonyl (C=O) groups is 2. The summed E-state index contributed by atoms with van der Waals surface area (Å²) in [7, 11) is 0. The summed E-state index contributed by atoms with van der Waals surface area (Å²) in [5, 5.41) is 2.57. The van der Waals surface area contributed by atoms with Gasteiger partial charge in [-0.1, -0.05) is 36.1 Å². The van der Waals surface area contributed by atoms with Crippen LogP contribution in [0.3, 0.4) is 0 Å². The maximum atomic E-state index is 11.6. The number of ether oxygens (including phenoxy) is 1. The molecule has 7 heteroatoms. The normalized spacial score (nSPS) is 22.5. The van der Waals surface area contributed by atoms with Gasteiger partial charge in [0.05, 0.1) is 4.91 Å². The van der Waals surface area contributed by atoms with Gasteiger partial charge in [0.2, 0.25) is 5.91 Å². The van der Waals surface area contributed by atoms with E-state index in [1.165, 1.54) is 11.8 Å². The van der Waals surface area contributed by atoms with Crippen LogP contribution in [0.5, 0.6) is 0 Å².